The molecule has 0 aliphatic carbocycles. The summed E-state index contributed by atoms with van der Waals surface area (Å²) in [6.45, 7) is 4.58. The fraction of sp³-hybridized carbons (Fsp3) is 0.350. The minimum atomic E-state index is -0.0781. The normalized spacial score (nSPS) is 15.6. The van der Waals surface area contributed by atoms with Crippen molar-refractivity contribution >= 4 is 34.4 Å². The van der Waals surface area contributed by atoms with Gasteiger partial charge in [0.15, 0.2) is 0 Å². The Bertz CT molecular complexity index is 910. The van der Waals surface area contributed by atoms with E-state index >= 15 is 0 Å². The lowest BCUT2D eigenvalue weighted by atomic mass is 10.0. The molecular formula is C20H27N7O. The van der Waals surface area contributed by atoms with Crippen molar-refractivity contribution in [3.8, 4) is 0 Å². The quantitative estimate of drug-likeness (QED) is 0.554. The van der Waals surface area contributed by atoms with Gasteiger partial charge >= 0.3 is 6.03 Å². The summed E-state index contributed by atoms with van der Waals surface area (Å²) in [5.74, 6) is 0. The molecule has 2 amide bonds. The predicted molar refractivity (Wildman–Crippen MR) is 113 cm³/mol. The molecule has 1 aromatic heterocycles. The molecule has 0 unspecified atom stereocenters. The second kappa shape index (κ2) is 8.26. The van der Waals surface area contributed by atoms with E-state index in [2.05, 4.69) is 15.3 Å². The number of hydrazine groups is 1. The first-order valence-corrected chi connectivity index (χ1v) is 9.24. The Kier molecular flexibility index (Phi) is 5.79. The average molecular weight is 381 g/mol. The molecule has 1 saturated heterocycles. The number of allylic oxidation sites excluding steroid dienone is 2. The van der Waals surface area contributed by atoms with E-state index in [1.807, 2.05) is 35.4 Å². The van der Waals surface area contributed by atoms with Crippen LogP contribution in [0.25, 0.3) is 16.5 Å². The van der Waals surface area contributed by atoms with E-state index in [4.69, 9.17) is 11.1 Å². The van der Waals surface area contributed by atoms with Crippen LogP contribution in [0.15, 0.2) is 36.2 Å². The highest BCUT2D eigenvalue weighted by molar-refractivity contribution is 6.10. The summed E-state index contributed by atoms with van der Waals surface area (Å²) in [4.78, 5) is 20.8. The van der Waals surface area contributed by atoms with Crippen LogP contribution in [0.3, 0.4) is 0 Å². The molecule has 2 aromatic rings. The largest absolute Gasteiger partial charge is 0.402 e. The van der Waals surface area contributed by atoms with E-state index in [9.17, 15) is 4.79 Å². The summed E-state index contributed by atoms with van der Waals surface area (Å²) < 4.78 is 0. The van der Waals surface area contributed by atoms with Crippen LogP contribution in [-0.4, -0.2) is 67.4 Å². The highest BCUT2D eigenvalue weighted by atomic mass is 16.2. The summed E-state index contributed by atoms with van der Waals surface area (Å²) >= 11 is 0. The molecule has 0 spiro atoms. The zero-order chi connectivity index (χ0) is 20.3. The van der Waals surface area contributed by atoms with Crippen molar-refractivity contribution in [2.24, 2.45) is 5.73 Å². The van der Waals surface area contributed by atoms with Crippen molar-refractivity contribution in [1.29, 1.82) is 5.41 Å². The molecule has 1 aliphatic heterocycles. The van der Waals surface area contributed by atoms with Crippen LogP contribution < -0.4 is 16.1 Å². The predicted octanol–water partition coefficient (Wildman–Crippen LogP) is 1.88. The molecule has 0 atom stereocenters. The third-order valence-corrected chi connectivity index (χ3v) is 4.83. The maximum absolute atomic E-state index is 12.2. The minimum absolute atomic E-state index is 0.0781. The molecule has 3 rings (SSSR count). The van der Waals surface area contributed by atoms with Gasteiger partial charge in [-0.05, 0) is 30.7 Å². The molecule has 8 nitrogen and oxygen atoms in total. The van der Waals surface area contributed by atoms with Gasteiger partial charge in [0, 0.05) is 75.0 Å². The van der Waals surface area contributed by atoms with E-state index in [1.54, 1.807) is 26.0 Å². The minimum Gasteiger partial charge on any atom is -0.402 e. The number of carbonyl (C=O) groups excluding carboxylic acids is 1. The van der Waals surface area contributed by atoms with Crippen molar-refractivity contribution in [2.75, 3.05) is 45.2 Å². The Morgan fingerprint density at radius 1 is 1.25 bits per heavy atom. The molecule has 148 valence electrons. The van der Waals surface area contributed by atoms with Crippen LogP contribution in [0.2, 0.25) is 0 Å². The summed E-state index contributed by atoms with van der Waals surface area (Å²) in [6.07, 6.45) is 3.10. The molecule has 0 saturated carbocycles. The Labute approximate surface area is 165 Å². The Balaban J connectivity index is 1.87. The summed E-state index contributed by atoms with van der Waals surface area (Å²) in [5.41, 5.74) is 12.9. The number of amides is 2. The fourth-order valence-electron chi connectivity index (χ4n) is 3.41. The Hall–Kier alpha value is -3.13. The smallest absolute Gasteiger partial charge is 0.332 e. The van der Waals surface area contributed by atoms with Gasteiger partial charge in [-0.1, -0.05) is 6.07 Å². The van der Waals surface area contributed by atoms with Crippen molar-refractivity contribution in [2.45, 2.75) is 6.92 Å². The number of anilines is 1. The van der Waals surface area contributed by atoms with Crippen LogP contribution in [0.5, 0.6) is 0 Å². The first-order chi connectivity index (χ1) is 13.4. The fourth-order valence-corrected chi connectivity index (χ4v) is 3.41. The summed E-state index contributed by atoms with van der Waals surface area (Å²) in [5, 5.41) is 10.3. The second-order valence-electron chi connectivity index (χ2n) is 7.09. The van der Waals surface area contributed by atoms with E-state index in [1.165, 1.54) is 6.21 Å². The van der Waals surface area contributed by atoms with E-state index in [0.29, 0.717) is 24.4 Å². The van der Waals surface area contributed by atoms with Gasteiger partial charge in [0.2, 0.25) is 0 Å². The molecule has 1 aromatic carbocycles. The summed E-state index contributed by atoms with van der Waals surface area (Å²) in [7, 11) is 3.60. The van der Waals surface area contributed by atoms with Gasteiger partial charge in [-0.15, -0.1) is 0 Å². The standard InChI is InChI=1S/C20H27N7O/c1-14(22)17(13-21)15-4-5-18-16(12-15)19(6-7-23-18)26-8-10-27(11-9-26)20(28)24-25(2)3/h4-7,12-13,21H,8-11,22H2,1-3H3,(H,24,28). The van der Waals surface area contributed by atoms with E-state index in [0.717, 1.165) is 35.2 Å². The van der Waals surface area contributed by atoms with Crippen molar-refractivity contribution in [1.82, 2.24) is 20.3 Å². The van der Waals surface area contributed by atoms with Crippen molar-refractivity contribution in [3.63, 3.8) is 0 Å². The lowest BCUT2D eigenvalue weighted by Gasteiger charge is -2.37. The van der Waals surface area contributed by atoms with E-state index < -0.39 is 0 Å². The third kappa shape index (κ3) is 4.07. The van der Waals surface area contributed by atoms with Gasteiger partial charge in [-0.25, -0.2) is 9.80 Å². The molecular weight excluding hydrogens is 354 g/mol. The number of fused-ring (bicyclic) bond motifs is 1. The first kappa shape index (κ1) is 19.6. The van der Waals surface area contributed by atoms with E-state index in [-0.39, 0.29) is 6.03 Å². The molecule has 0 bridgehead atoms. The number of nitrogens with zero attached hydrogens (tertiary/aromatic N) is 4. The maximum Gasteiger partial charge on any atom is 0.332 e. The number of nitrogens with one attached hydrogen (secondary N) is 2. The average Bonchev–Trinajstić information content (AvgIpc) is 2.67. The number of pyridine rings is 1. The molecule has 1 fully saturated rings. The van der Waals surface area contributed by atoms with Gasteiger partial charge < -0.3 is 20.9 Å². The third-order valence-electron chi connectivity index (χ3n) is 4.83. The van der Waals surface area contributed by atoms with Gasteiger partial charge in [0.05, 0.1) is 5.52 Å². The highest BCUT2D eigenvalue weighted by Crippen LogP contribution is 2.29. The number of carbonyl (C=O) groups is 1. The molecule has 28 heavy (non-hydrogen) atoms. The number of benzene rings is 1. The van der Waals surface area contributed by atoms with Crippen LogP contribution >= 0.6 is 0 Å². The lowest BCUT2D eigenvalue weighted by Crippen LogP contribution is -2.54. The number of piperazine rings is 1. The van der Waals surface area contributed by atoms with Crippen LogP contribution in [0, 0.1) is 5.41 Å². The Morgan fingerprint density at radius 2 is 1.96 bits per heavy atom. The van der Waals surface area contributed by atoms with Crippen molar-refractivity contribution < 1.29 is 4.79 Å². The monoisotopic (exact) mass is 381 g/mol. The number of nitrogens with two attached hydrogens (primary N) is 1. The molecule has 8 heteroatoms. The van der Waals surface area contributed by atoms with Gasteiger partial charge in [-0.3, -0.25) is 10.4 Å². The zero-order valence-corrected chi connectivity index (χ0v) is 16.6. The highest BCUT2D eigenvalue weighted by Gasteiger charge is 2.22. The molecule has 0 radical (unpaired) electrons. The molecule has 2 heterocycles. The lowest BCUT2D eigenvalue weighted by molar-refractivity contribution is 0.168. The molecule has 1 aliphatic rings. The van der Waals surface area contributed by atoms with Crippen LogP contribution in [0.1, 0.15) is 12.5 Å². The van der Waals surface area contributed by atoms with Crippen LogP contribution in [0.4, 0.5) is 10.5 Å². The number of aromatic nitrogens is 1. The number of urea groups is 1. The zero-order valence-electron chi connectivity index (χ0n) is 16.6. The summed E-state index contributed by atoms with van der Waals surface area (Å²) in [6, 6.07) is 7.87. The number of rotatable bonds is 4. The molecule has 4 N–H and O–H groups in total. The Morgan fingerprint density at radius 3 is 2.57 bits per heavy atom. The first-order valence-electron chi connectivity index (χ1n) is 9.24. The number of hydrogen-bond acceptors (Lipinski definition) is 6. The SMILES string of the molecule is CC(N)=C(C=N)c1ccc2nccc(N3CCN(C(=O)NN(C)C)CC3)c2c1. The second-order valence-corrected chi connectivity index (χ2v) is 7.09. The van der Waals surface area contributed by atoms with Gasteiger partial charge in [0.1, 0.15) is 0 Å². The van der Waals surface area contributed by atoms with Crippen LogP contribution in [-0.2, 0) is 0 Å². The topological polar surface area (TPSA) is 102 Å². The number of hydrogen-bond donors (Lipinski definition) is 3. The van der Waals surface area contributed by atoms with Gasteiger partial charge in [-0.2, -0.15) is 0 Å². The van der Waals surface area contributed by atoms with Crippen molar-refractivity contribution in [3.05, 3.63) is 41.7 Å². The maximum atomic E-state index is 12.2. The van der Waals surface area contributed by atoms with Gasteiger partial charge in [0.25, 0.3) is 0 Å².